The predicted molar refractivity (Wildman–Crippen MR) is 79.9 cm³/mol. The van der Waals surface area contributed by atoms with Crippen molar-refractivity contribution in [2.24, 2.45) is 0 Å². The maximum absolute atomic E-state index is 13.5. The van der Waals surface area contributed by atoms with Gasteiger partial charge >= 0.3 is 5.97 Å². The number of halogens is 1. The highest BCUT2D eigenvalue weighted by molar-refractivity contribution is 5.81. The van der Waals surface area contributed by atoms with Gasteiger partial charge in [0.05, 0.1) is 12.3 Å². The van der Waals surface area contributed by atoms with Crippen molar-refractivity contribution in [3.8, 4) is 0 Å². The fourth-order valence-electron chi connectivity index (χ4n) is 2.13. The number of hydrogen-bond donors (Lipinski definition) is 2. The van der Waals surface area contributed by atoms with Gasteiger partial charge in [0, 0.05) is 6.54 Å². The molecule has 0 spiro atoms. The van der Waals surface area contributed by atoms with Crippen LogP contribution in [0.1, 0.15) is 17.0 Å². The van der Waals surface area contributed by atoms with Crippen LogP contribution in [0.2, 0.25) is 0 Å². The van der Waals surface area contributed by atoms with E-state index in [4.69, 9.17) is 0 Å². The highest BCUT2D eigenvalue weighted by atomic mass is 19.1. The van der Waals surface area contributed by atoms with E-state index in [-0.39, 0.29) is 18.5 Å². The van der Waals surface area contributed by atoms with E-state index in [0.717, 1.165) is 0 Å². The molecular formula is C17H16FNO3. The van der Waals surface area contributed by atoms with E-state index in [2.05, 4.69) is 5.32 Å². The molecule has 1 atom stereocenters. The zero-order valence-corrected chi connectivity index (χ0v) is 11.8. The van der Waals surface area contributed by atoms with Crippen molar-refractivity contribution in [1.29, 1.82) is 0 Å². The van der Waals surface area contributed by atoms with Gasteiger partial charge in [-0.2, -0.15) is 0 Å². The van der Waals surface area contributed by atoms with E-state index in [0.29, 0.717) is 5.56 Å². The van der Waals surface area contributed by atoms with Crippen molar-refractivity contribution in [3.05, 3.63) is 71.5 Å². The summed E-state index contributed by atoms with van der Waals surface area (Å²) in [5.41, 5.74) is 0.896. The van der Waals surface area contributed by atoms with E-state index in [1.54, 1.807) is 42.5 Å². The number of rotatable bonds is 6. The van der Waals surface area contributed by atoms with E-state index < -0.39 is 23.6 Å². The molecule has 0 saturated carbocycles. The number of amides is 1. The Hall–Kier alpha value is -2.69. The van der Waals surface area contributed by atoms with Crippen molar-refractivity contribution < 1.29 is 19.1 Å². The van der Waals surface area contributed by atoms with Crippen LogP contribution >= 0.6 is 0 Å². The van der Waals surface area contributed by atoms with Crippen LogP contribution in [-0.4, -0.2) is 23.5 Å². The van der Waals surface area contributed by atoms with Gasteiger partial charge in [-0.05, 0) is 17.2 Å². The Kier molecular flexibility index (Phi) is 5.25. The molecule has 0 unspecified atom stereocenters. The minimum Gasteiger partial charge on any atom is -0.481 e. The SMILES string of the molecule is O=C(Cc1ccccc1F)NC[C@H](C(=O)O)c1ccccc1. The van der Waals surface area contributed by atoms with Gasteiger partial charge in [-0.3, -0.25) is 9.59 Å². The van der Waals surface area contributed by atoms with Crippen molar-refractivity contribution in [1.82, 2.24) is 5.32 Å². The third-order valence-electron chi connectivity index (χ3n) is 3.31. The van der Waals surface area contributed by atoms with Gasteiger partial charge in [0.1, 0.15) is 5.82 Å². The fourth-order valence-corrected chi connectivity index (χ4v) is 2.13. The zero-order chi connectivity index (χ0) is 15.9. The van der Waals surface area contributed by atoms with Crippen LogP contribution in [-0.2, 0) is 16.0 Å². The summed E-state index contributed by atoms with van der Waals surface area (Å²) in [5, 5.41) is 11.8. The lowest BCUT2D eigenvalue weighted by Crippen LogP contribution is -2.32. The lowest BCUT2D eigenvalue weighted by Gasteiger charge is -2.14. The van der Waals surface area contributed by atoms with Crippen LogP contribution in [0.3, 0.4) is 0 Å². The highest BCUT2D eigenvalue weighted by Crippen LogP contribution is 2.15. The number of aliphatic carboxylic acids is 1. The molecule has 0 aliphatic heterocycles. The lowest BCUT2D eigenvalue weighted by atomic mass is 9.99. The fraction of sp³-hybridized carbons (Fsp3) is 0.176. The quantitative estimate of drug-likeness (QED) is 0.860. The van der Waals surface area contributed by atoms with Crippen molar-refractivity contribution in [2.75, 3.05) is 6.54 Å². The van der Waals surface area contributed by atoms with Crippen molar-refractivity contribution in [3.63, 3.8) is 0 Å². The Morgan fingerprint density at radius 2 is 1.68 bits per heavy atom. The Morgan fingerprint density at radius 1 is 1.05 bits per heavy atom. The smallest absolute Gasteiger partial charge is 0.312 e. The third-order valence-corrected chi connectivity index (χ3v) is 3.31. The molecule has 0 heterocycles. The van der Waals surface area contributed by atoms with Crippen LogP contribution < -0.4 is 5.32 Å². The van der Waals surface area contributed by atoms with E-state index >= 15 is 0 Å². The van der Waals surface area contributed by atoms with Gasteiger partial charge in [0.15, 0.2) is 0 Å². The third kappa shape index (κ3) is 4.15. The minimum atomic E-state index is -1.02. The first-order valence-electron chi connectivity index (χ1n) is 6.86. The van der Waals surface area contributed by atoms with Gasteiger partial charge < -0.3 is 10.4 Å². The summed E-state index contributed by atoms with van der Waals surface area (Å²) in [6, 6.07) is 14.7. The summed E-state index contributed by atoms with van der Waals surface area (Å²) in [7, 11) is 0. The standard InChI is InChI=1S/C17H16FNO3/c18-15-9-5-4-8-13(15)10-16(20)19-11-14(17(21)22)12-6-2-1-3-7-12/h1-9,14H,10-11H2,(H,19,20)(H,21,22)/t14-/m0/s1. The summed E-state index contributed by atoms with van der Waals surface area (Å²) < 4.78 is 13.5. The zero-order valence-electron chi connectivity index (χ0n) is 11.8. The largest absolute Gasteiger partial charge is 0.481 e. The number of carbonyl (C=O) groups is 2. The number of carboxylic acids is 1. The van der Waals surface area contributed by atoms with Gasteiger partial charge in [-0.25, -0.2) is 4.39 Å². The van der Waals surface area contributed by atoms with E-state index in [1.165, 1.54) is 12.1 Å². The number of carboxylic acid groups (broad SMARTS) is 1. The second-order valence-corrected chi connectivity index (χ2v) is 4.87. The van der Waals surface area contributed by atoms with Gasteiger partial charge in [0.2, 0.25) is 5.91 Å². The first kappa shape index (κ1) is 15.7. The van der Waals surface area contributed by atoms with E-state index in [1.807, 2.05) is 0 Å². The molecule has 2 rings (SSSR count). The second-order valence-electron chi connectivity index (χ2n) is 4.87. The topological polar surface area (TPSA) is 66.4 Å². The van der Waals surface area contributed by atoms with Crippen LogP contribution in [0.25, 0.3) is 0 Å². The molecule has 22 heavy (non-hydrogen) atoms. The minimum absolute atomic E-state index is 0.0351. The first-order chi connectivity index (χ1) is 10.6. The Morgan fingerprint density at radius 3 is 2.32 bits per heavy atom. The van der Waals surface area contributed by atoms with Crippen LogP contribution in [0, 0.1) is 5.82 Å². The first-order valence-corrected chi connectivity index (χ1v) is 6.86. The molecule has 0 saturated heterocycles. The van der Waals surface area contributed by atoms with Gasteiger partial charge in [0.25, 0.3) is 0 Å². The molecule has 4 nitrogen and oxygen atoms in total. The molecule has 5 heteroatoms. The Balaban J connectivity index is 1.97. The molecule has 0 fully saturated rings. The predicted octanol–water partition coefficient (Wildman–Crippen LogP) is 2.35. The van der Waals surface area contributed by atoms with Crippen molar-refractivity contribution >= 4 is 11.9 Å². The van der Waals surface area contributed by atoms with Crippen LogP contribution in [0.15, 0.2) is 54.6 Å². The molecule has 0 aromatic heterocycles. The number of benzene rings is 2. The molecule has 0 aliphatic carbocycles. The molecule has 2 N–H and O–H groups in total. The summed E-state index contributed by atoms with van der Waals surface area (Å²) in [4.78, 5) is 23.2. The Bertz CT molecular complexity index is 658. The molecule has 0 radical (unpaired) electrons. The summed E-state index contributed by atoms with van der Waals surface area (Å²) in [6.45, 7) is -0.0351. The molecule has 2 aromatic rings. The van der Waals surface area contributed by atoms with Crippen LogP contribution in [0.4, 0.5) is 4.39 Å². The monoisotopic (exact) mass is 301 g/mol. The number of hydrogen-bond acceptors (Lipinski definition) is 2. The van der Waals surface area contributed by atoms with Crippen LogP contribution in [0.5, 0.6) is 0 Å². The highest BCUT2D eigenvalue weighted by Gasteiger charge is 2.20. The molecule has 114 valence electrons. The lowest BCUT2D eigenvalue weighted by molar-refractivity contribution is -0.138. The molecule has 2 aromatic carbocycles. The number of nitrogens with one attached hydrogen (secondary N) is 1. The maximum Gasteiger partial charge on any atom is 0.312 e. The number of carbonyl (C=O) groups excluding carboxylic acids is 1. The van der Waals surface area contributed by atoms with Gasteiger partial charge in [-0.15, -0.1) is 0 Å². The van der Waals surface area contributed by atoms with Gasteiger partial charge in [-0.1, -0.05) is 48.5 Å². The maximum atomic E-state index is 13.5. The normalized spacial score (nSPS) is 11.7. The van der Waals surface area contributed by atoms with Crippen molar-refractivity contribution in [2.45, 2.75) is 12.3 Å². The molecule has 0 aliphatic rings. The average Bonchev–Trinajstić information content (AvgIpc) is 2.50. The Labute approximate surface area is 127 Å². The average molecular weight is 301 g/mol. The summed E-state index contributed by atoms with van der Waals surface area (Å²) >= 11 is 0. The molecule has 1 amide bonds. The summed E-state index contributed by atoms with van der Waals surface area (Å²) in [5.74, 6) is -2.70. The molecule has 0 bridgehead atoms. The summed E-state index contributed by atoms with van der Waals surface area (Å²) in [6.07, 6.45) is -0.117. The van der Waals surface area contributed by atoms with E-state index in [9.17, 15) is 19.1 Å². The molecular weight excluding hydrogens is 285 g/mol. The second kappa shape index (κ2) is 7.36.